The summed E-state index contributed by atoms with van der Waals surface area (Å²) in [7, 11) is 5.86. The highest BCUT2D eigenvalue weighted by molar-refractivity contribution is 8.00. The largest absolute Gasteiger partial charge is 0.495 e. The molecule has 1 saturated carbocycles. The SMILES string of the molecule is COc1cc2cc(c1Cl)N(C)C(=O)C[C@H](OC(=O)[C@H](C)N(C)C(=O)CCSC1CC(=O)N(CC3CCC(C(C)=O)CC3)C1=O)C(C)(C)OC(C)C1CC(O)(NC(=O)O1)C(OC)/C=C/C=C(\C)C2. The van der Waals surface area contributed by atoms with Gasteiger partial charge in [-0.25, -0.2) is 9.59 Å². The third kappa shape index (κ3) is 13.2. The predicted octanol–water partition coefficient (Wildman–Crippen LogP) is 5.55. The number of nitrogens with zero attached hydrogens (tertiary/aromatic N) is 3. The van der Waals surface area contributed by atoms with Crippen molar-refractivity contribution in [1.82, 2.24) is 15.1 Å². The van der Waals surface area contributed by atoms with E-state index in [0.29, 0.717) is 24.4 Å². The number of imide groups is 1. The fraction of sp³-hybridized carbons (Fsp3) is 0.646. The summed E-state index contributed by atoms with van der Waals surface area (Å²) in [5.41, 5.74) is -1.36. The Labute approximate surface area is 402 Å². The van der Waals surface area contributed by atoms with E-state index in [1.165, 1.54) is 61.7 Å². The first-order valence-electron chi connectivity index (χ1n) is 22.8. The lowest BCUT2D eigenvalue weighted by Crippen LogP contribution is -2.64. The van der Waals surface area contributed by atoms with Gasteiger partial charge < -0.3 is 38.6 Å². The number of rotatable bonds is 12. The van der Waals surface area contributed by atoms with Crippen molar-refractivity contribution in [1.29, 1.82) is 0 Å². The number of fused-ring (bicyclic) bond motifs is 4. The van der Waals surface area contributed by atoms with Crippen molar-refractivity contribution in [3.63, 3.8) is 0 Å². The van der Waals surface area contributed by atoms with Gasteiger partial charge in [-0.15, -0.1) is 11.8 Å². The molecule has 4 aliphatic rings. The number of halogens is 1. The first-order chi connectivity index (χ1) is 31.5. The van der Waals surface area contributed by atoms with E-state index >= 15 is 0 Å². The molecule has 2 N–H and O–H groups in total. The van der Waals surface area contributed by atoms with Crippen molar-refractivity contribution in [2.24, 2.45) is 11.8 Å². The van der Waals surface area contributed by atoms with Crippen molar-refractivity contribution < 1.29 is 62.4 Å². The number of hydrogen-bond acceptors (Lipinski definition) is 14. The van der Waals surface area contributed by atoms with Gasteiger partial charge in [-0.3, -0.25) is 34.2 Å². The molecule has 0 spiro atoms. The zero-order valence-electron chi connectivity index (χ0n) is 40.3. The second-order valence-electron chi connectivity index (χ2n) is 18.7. The number of allylic oxidation sites excluding steroid dienone is 3. The molecule has 3 fully saturated rings. The van der Waals surface area contributed by atoms with Crippen LogP contribution in [0, 0.1) is 11.8 Å². The molecule has 3 aliphatic heterocycles. The van der Waals surface area contributed by atoms with Crippen molar-refractivity contribution in [2.75, 3.05) is 45.5 Å². The molecule has 67 heavy (non-hydrogen) atoms. The van der Waals surface area contributed by atoms with Gasteiger partial charge in [0.25, 0.3) is 0 Å². The Morgan fingerprint density at radius 2 is 1.76 bits per heavy atom. The number of likely N-dealkylation sites (tertiary alicyclic amines) is 1. The number of Topliss-reactive ketones (excluding diaryl/α,β-unsaturated/α-hetero) is 1. The highest BCUT2D eigenvalue weighted by Gasteiger charge is 2.49. The minimum Gasteiger partial charge on any atom is -0.495 e. The van der Waals surface area contributed by atoms with Crippen LogP contribution in [0.1, 0.15) is 98.5 Å². The van der Waals surface area contributed by atoms with Crippen LogP contribution in [0.25, 0.3) is 0 Å². The van der Waals surface area contributed by atoms with Gasteiger partial charge in [-0.05, 0) is 97.3 Å². The van der Waals surface area contributed by atoms with Crippen molar-refractivity contribution in [3.8, 4) is 5.75 Å². The van der Waals surface area contributed by atoms with Crippen LogP contribution in [-0.4, -0.2) is 144 Å². The average molecular weight is 976 g/mol. The molecule has 19 heteroatoms. The van der Waals surface area contributed by atoms with Gasteiger partial charge in [-0.2, -0.15) is 0 Å². The van der Waals surface area contributed by atoms with Gasteiger partial charge in [0, 0.05) is 58.7 Å². The van der Waals surface area contributed by atoms with Crippen LogP contribution < -0.4 is 15.0 Å². The molecule has 1 aromatic rings. The number of ether oxygens (including phenoxy) is 5. The topological polar surface area (TPSA) is 208 Å². The van der Waals surface area contributed by atoms with Gasteiger partial charge >= 0.3 is 12.1 Å². The highest BCUT2D eigenvalue weighted by atomic mass is 35.5. The van der Waals surface area contributed by atoms with E-state index in [-0.39, 0.29) is 59.5 Å². The standard InChI is InChI=1S/C48H67ClN4O13S/c1-27-12-11-13-38(63-10)48(61)25-36(64-46(60)50-48)30(4)66-47(5,6)39(24-41(56)52(8)34-21-32(20-27)22-35(62-9)43(34)49)65-45(59)28(2)51(7)40(55)18-19-67-37-23-42(57)53(44(37)58)26-31-14-16-33(17-15-31)29(3)54/h11-13,21-22,28,30-31,33,36-39,61H,14-20,23-26H2,1-10H3,(H,50,60)/b13-11+,27-12+/t28-,30?,31?,33?,36?,37?,38?,39-,48?/m0/s1. The number of anilines is 1. The molecule has 0 radical (unpaired) electrons. The lowest BCUT2D eigenvalue weighted by atomic mass is 9.80. The number of benzene rings is 1. The summed E-state index contributed by atoms with van der Waals surface area (Å²) >= 11 is 8.02. The first-order valence-corrected chi connectivity index (χ1v) is 24.2. The number of carbonyl (C=O) groups is 7. The van der Waals surface area contributed by atoms with Crippen LogP contribution in [0.3, 0.4) is 0 Å². The van der Waals surface area contributed by atoms with Crippen molar-refractivity contribution in [2.45, 2.75) is 146 Å². The maximum Gasteiger partial charge on any atom is 0.409 e. The fourth-order valence-corrected chi connectivity index (χ4v) is 10.4. The van der Waals surface area contributed by atoms with Gasteiger partial charge in [0.1, 0.15) is 46.5 Å². The quantitative estimate of drug-likeness (QED) is 0.195. The number of aliphatic hydroxyl groups is 1. The number of amides is 5. The summed E-state index contributed by atoms with van der Waals surface area (Å²) < 4.78 is 29.4. The molecule has 1 aromatic carbocycles. The minimum atomic E-state index is -1.91. The van der Waals surface area contributed by atoms with E-state index in [0.717, 1.165) is 36.8 Å². The number of methoxy groups -OCH3 is 2. The highest BCUT2D eigenvalue weighted by Crippen LogP contribution is 2.38. The Bertz CT molecular complexity index is 2110. The number of carbonyl (C=O) groups excluding carboxylic acids is 7. The minimum absolute atomic E-state index is 0.0374. The first kappa shape index (κ1) is 53.5. The average Bonchev–Trinajstić information content (AvgIpc) is 3.53. The number of likely N-dealkylation sites (N-methyl/N-ethyl adjacent to an activating group) is 1. The molecule has 7 atom stereocenters. The van der Waals surface area contributed by atoms with Crippen molar-refractivity contribution in [3.05, 3.63) is 46.5 Å². The number of hydrogen-bond donors (Lipinski definition) is 2. The zero-order chi connectivity index (χ0) is 49.5. The summed E-state index contributed by atoms with van der Waals surface area (Å²) in [6.45, 7) is 10.2. The number of thioether (sulfide) groups is 1. The molecule has 5 unspecified atom stereocenters. The van der Waals surface area contributed by atoms with E-state index in [4.69, 9.17) is 35.3 Å². The number of ketones is 1. The summed E-state index contributed by atoms with van der Waals surface area (Å²) in [5, 5.41) is 13.8. The summed E-state index contributed by atoms with van der Waals surface area (Å²) in [4.78, 5) is 96.7. The number of alkyl carbamates (subject to hydrolysis) is 1. The fourth-order valence-electron chi connectivity index (χ4n) is 9.01. The molecule has 5 rings (SSSR count). The molecule has 17 nitrogen and oxygen atoms in total. The molecule has 5 amide bonds. The second kappa shape index (κ2) is 22.7. The van der Waals surface area contributed by atoms with Gasteiger partial charge in [-0.1, -0.05) is 35.4 Å². The molecule has 1 aliphatic carbocycles. The second-order valence-corrected chi connectivity index (χ2v) is 20.4. The number of esters is 1. The van der Waals surface area contributed by atoms with Gasteiger partial charge in [0.2, 0.25) is 23.6 Å². The third-order valence-corrected chi connectivity index (χ3v) is 15.0. The van der Waals surface area contributed by atoms with Gasteiger partial charge in [0.05, 0.1) is 30.6 Å². The Hall–Kier alpha value is -4.49. The smallest absolute Gasteiger partial charge is 0.409 e. The van der Waals surface area contributed by atoms with Gasteiger partial charge in [0.15, 0.2) is 5.72 Å². The Balaban J connectivity index is 1.31. The van der Waals surface area contributed by atoms with Crippen molar-refractivity contribution >= 4 is 70.5 Å². The lowest BCUT2D eigenvalue weighted by molar-refractivity contribution is -0.203. The third-order valence-electron chi connectivity index (χ3n) is 13.4. The lowest BCUT2D eigenvalue weighted by Gasteiger charge is -2.44. The van der Waals surface area contributed by atoms with E-state index in [9.17, 15) is 38.7 Å². The van der Waals surface area contributed by atoms with Crippen LogP contribution in [0.2, 0.25) is 5.02 Å². The molecule has 4 bridgehead atoms. The van der Waals surface area contributed by atoms with Crippen LogP contribution >= 0.6 is 23.4 Å². The Morgan fingerprint density at radius 3 is 2.40 bits per heavy atom. The van der Waals surface area contributed by atoms with Crippen LogP contribution in [0.5, 0.6) is 5.75 Å². The van der Waals surface area contributed by atoms with E-state index < -0.39 is 77.3 Å². The van der Waals surface area contributed by atoms with Crippen LogP contribution in [0.4, 0.5) is 10.5 Å². The summed E-state index contributed by atoms with van der Waals surface area (Å²) in [5.74, 6) is -1.35. The Kier molecular flexibility index (Phi) is 18.1. The monoisotopic (exact) mass is 974 g/mol. The van der Waals surface area contributed by atoms with Crippen LogP contribution in [0.15, 0.2) is 35.9 Å². The van der Waals surface area contributed by atoms with E-state index in [2.05, 4.69) is 5.32 Å². The molecule has 0 aromatic heterocycles. The Morgan fingerprint density at radius 1 is 1.07 bits per heavy atom. The zero-order valence-corrected chi connectivity index (χ0v) is 41.8. The predicted molar refractivity (Wildman–Crippen MR) is 251 cm³/mol. The molecule has 3 heterocycles. The molecular weight excluding hydrogens is 908 g/mol. The summed E-state index contributed by atoms with van der Waals surface area (Å²) in [6.07, 6.45) is 2.93. The van der Waals surface area contributed by atoms with E-state index in [1.807, 2.05) is 13.0 Å². The van der Waals surface area contributed by atoms with Crippen LogP contribution in [-0.2, 0) is 54.1 Å². The molecule has 370 valence electrons. The molecular formula is C48H67ClN4O13S. The van der Waals surface area contributed by atoms with E-state index in [1.54, 1.807) is 52.0 Å². The maximum absolute atomic E-state index is 14.3. The maximum atomic E-state index is 14.3. The number of nitrogens with one attached hydrogen (secondary N) is 1. The summed E-state index contributed by atoms with van der Waals surface area (Å²) in [6, 6.07) is 2.40. The normalized spacial score (nSPS) is 30.1. The molecule has 2 saturated heterocycles.